The summed E-state index contributed by atoms with van der Waals surface area (Å²) < 4.78 is 17.0. The molecule has 0 unspecified atom stereocenters. The van der Waals surface area contributed by atoms with Crippen LogP contribution in [0.2, 0.25) is 0 Å². The Balaban J connectivity index is 1.55. The minimum absolute atomic E-state index is 0.0555. The van der Waals surface area contributed by atoms with Crippen LogP contribution in [0.4, 0.5) is 11.5 Å². The molecule has 0 saturated heterocycles. The van der Waals surface area contributed by atoms with Gasteiger partial charge in [-0.25, -0.2) is 9.48 Å². The van der Waals surface area contributed by atoms with Gasteiger partial charge in [0, 0.05) is 17.2 Å². The largest absolute Gasteiger partial charge is 0.462 e. The highest BCUT2D eigenvalue weighted by atomic mass is 16.7. The summed E-state index contributed by atoms with van der Waals surface area (Å²) in [5, 5.41) is 6.86. The summed E-state index contributed by atoms with van der Waals surface area (Å²) in [6, 6.07) is 9.54. The standard InChI is InChI=1S/C22H20N4O6/c1-3-30-22(29)16-10-24-26(20(16)23)14-6-4-13(5-7-14)21(28)25-17-9-19-18(31-11-32-19)8-15(17)12(2)27/h4-10H,3,11,23H2,1-2H3,(H,25,28). The normalized spacial score (nSPS) is 11.8. The maximum absolute atomic E-state index is 12.8. The molecule has 1 aromatic heterocycles. The minimum Gasteiger partial charge on any atom is -0.462 e. The predicted octanol–water partition coefficient (Wildman–Crippen LogP) is 2.81. The number of aromatic nitrogens is 2. The number of anilines is 2. The van der Waals surface area contributed by atoms with E-state index in [1.807, 2.05) is 0 Å². The van der Waals surface area contributed by atoms with Crippen LogP contribution in [0.15, 0.2) is 42.6 Å². The number of rotatable bonds is 6. The first-order valence-corrected chi connectivity index (χ1v) is 9.76. The molecular weight excluding hydrogens is 416 g/mol. The van der Waals surface area contributed by atoms with Crippen LogP contribution in [0.3, 0.4) is 0 Å². The molecule has 3 aromatic rings. The monoisotopic (exact) mass is 436 g/mol. The van der Waals surface area contributed by atoms with Gasteiger partial charge in [0.05, 0.1) is 24.2 Å². The van der Waals surface area contributed by atoms with Crippen LogP contribution < -0.4 is 20.5 Å². The van der Waals surface area contributed by atoms with Gasteiger partial charge in [0.15, 0.2) is 17.3 Å². The second-order valence-electron chi connectivity index (χ2n) is 6.88. The summed E-state index contributed by atoms with van der Waals surface area (Å²) in [5.74, 6) is -0.160. The summed E-state index contributed by atoms with van der Waals surface area (Å²) >= 11 is 0. The number of amides is 1. The second kappa shape index (κ2) is 8.42. The van der Waals surface area contributed by atoms with Crippen LogP contribution in [0, 0.1) is 0 Å². The second-order valence-corrected chi connectivity index (χ2v) is 6.88. The molecule has 1 aliphatic heterocycles. The molecule has 0 spiro atoms. The van der Waals surface area contributed by atoms with E-state index in [1.165, 1.54) is 17.8 Å². The number of benzene rings is 2. The van der Waals surface area contributed by atoms with Gasteiger partial charge in [0.25, 0.3) is 5.91 Å². The number of nitrogens with zero attached hydrogens (tertiary/aromatic N) is 2. The molecule has 0 atom stereocenters. The molecule has 3 N–H and O–H groups in total. The van der Waals surface area contributed by atoms with Gasteiger partial charge >= 0.3 is 5.97 Å². The third kappa shape index (κ3) is 3.85. The first-order chi connectivity index (χ1) is 15.4. The number of hydrogen-bond acceptors (Lipinski definition) is 8. The van der Waals surface area contributed by atoms with E-state index >= 15 is 0 Å². The van der Waals surface area contributed by atoms with Crippen molar-refractivity contribution in [3.63, 3.8) is 0 Å². The van der Waals surface area contributed by atoms with Gasteiger partial charge < -0.3 is 25.3 Å². The van der Waals surface area contributed by atoms with Crippen molar-refractivity contribution in [3.8, 4) is 17.2 Å². The highest BCUT2D eigenvalue weighted by Gasteiger charge is 2.21. The Morgan fingerprint density at radius 3 is 2.47 bits per heavy atom. The summed E-state index contributed by atoms with van der Waals surface area (Å²) in [6.07, 6.45) is 1.33. The van der Waals surface area contributed by atoms with Gasteiger partial charge in [0.1, 0.15) is 11.4 Å². The van der Waals surface area contributed by atoms with Crippen molar-refractivity contribution in [2.75, 3.05) is 24.5 Å². The molecule has 0 saturated carbocycles. The van der Waals surface area contributed by atoms with Gasteiger partial charge in [-0.2, -0.15) is 5.10 Å². The highest BCUT2D eigenvalue weighted by Crippen LogP contribution is 2.37. The SMILES string of the molecule is CCOC(=O)c1cnn(-c2ccc(C(=O)Nc3cc4c(cc3C(C)=O)OCO4)cc2)c1N. The van der Waals surface area contributed by atoms with Crippen molar-refractivity contribution in [2.24, 2.45) is 0 Å². The molecule has 2 heterocycles. The van der Waals surface area contributed by atoms with Crippen LogP contribution >= 0.6 is 0 Å². The topological polar surface area (TPSA) is 135 Å². The Kier molecular flexibility index (Phi) is 5.50. The Morgan fingerprint density at radius 1 is 1.12 bits per heavy atom. The molecule has 1 aliphatic rings. The number of nitrogens with one attached hydrogen (secondary N) is 1. The summed E-state index contributed by atoms with van der Waals surface area (Å²) in [5.41, 5.74) is 7.73. The molecule has 4 rings (SSSR count). The molecule has 0 fully saturated rings. The van der Waals surface area contributed by atoms with Crippen molar-refractivity contribution in [1.82, 2.24) is 9.78 Å². The maximum Gasteiger partial charge on any atom is 0.343 e. The van der Waals surface area contributed by atoms with Crippen molar-refractivity contribution in [3.05, 3.63) is 59.3 Å². The molecule has 0 radical (unpaired) electrons. The van der Waals surface area contributed by atoms with E-state index in [0.717, 1.165) is 0 Å². The average molecular weight is 436 g/mol. The lowest BCUT2D eigenvalue weighted by molar-refractivity contribution is 0.0527. The number of nitrogens with two attached hydrogens (primary N) is 1. The molecule has 164 valence electrons. The van der Waals surface area contributed by atoms with Crippen LogP contribution in [0.1, 0.15) is 44.9 Å². The van der Waals surface area contributed by atoms with Crippen LogP contribution in [0.5, 0.6) is 11.5 Å². The fraction of sp³-hybridized carbons (Fsp3) is 0.182. The first-order valence-electron chi connectivity index (χ1n) is 9.76. The molecule has 10 nitrogen and oxygen atoms in total. The minimum atomic E-state index is -0.558. The molecule has 10 heteroatoms. The lowest BCUT2D eigenvalue weighted by Gasteiger charge is -2.11. The Bertz CT molecular complexity index is 1220. The third-order valence-electron chi connectivity index (χ3n) is 4.82. The summed E-state index contributed by atoms with van der Waals surface area (Å²) in [7, 11) is 0. The number of esters is 1. The fourth-order valence-electron chi connectivity index (χ4n) is 3.21. The fourth-order valence-corrected chi connectivity index (χ4v) is 3.21. The molecule has 2 aromatic carbocycles. The zero-order valence-electron chi connectivity index (χ0n) is 17.4. The van der Waals surface area contributed by atoms with E-state index in [9.17, 15) is 14.4 Å². The lowest BCUT2D eigenvalue weighted by Crippen LogP contribution is -2.14. The number of carbonyl (C=O) groups excluding carboxylic acids is 3. The molecule has 32 heavy (non-hydrogen) atoms. The predicted molar refractivity (Wildman–Crippen MR) is 114 cm³/mol. The third-order valence-corrected chi connectivity index (χ3v) is 4.82. The van der Waals surface area contributed by atoms with Gasteiger partial charge in [-0.05, 0) is 44.2 Å². The Labute approximate surface area is 182 Å². The zero-order valence-corrected chi connectivity index (χ0v) is 17.4. The summed E-state index contributed by atoms with van der Waals surface area (Å²) in [6.45, 7) is 3.38. The van der Waals surface area contributed by atoms with E-state index in [-0.39, 0.29) is 30.6 Å². The smallest absolute Gasteiger partial charge is 0.343 e. The Hall–Kier alpha value is -4.34. The maximum atomic E-state index is 12.8. The van der Waals surface area contributed by atoms with E-state index in [2.05, 4.69) is 10.4 Å². The number of ether oxygens (including phenoxy) is 3. The number of hydrogen-bond donors (Lipinski definition) is 2. The van der Waals surface area contributed by atoms with Gasteiger partial charge in [-0.1, -0.05) is 0 Å². The van der Waals surface area contributed by atoms with Crippen molar-refractivity contribution < 1.29 is 28.6 Å². The first kappa shape index (κ1) is 20.9. The van der Waals surface area contributed by atoms with E-state index in [0.29, 0.717) is 34.0 Å². The van der Waals surface area contributed by atoms with Crippen LogP contribution in [-0.4, -0.2) is 40.8 Å². The molecule has 0 aliphatic carbocycles. The summed E-state index contributed by atoms with van der Waals surface area (Å²) in [4.78, 5) is 36.7. The Morgan fingerprint density at radius 2 is 1.81 bits per heavy atom. The molecule has 0 bridgehead atoms. The number of carbonyl (C=O) groups is 3. The number of fused-ring (bicyclic) bond motifs is 1. The average Bonchev–Trinajstić information content (AvgIpc) is 3.39. The van der Waals surface area contributed by atoms with Crippen molar-refractivity contribution in [1.29, 1.82) is 0 Å². The quantitative estimate of drug-likeness (QED) is 0.445. The number of nitrogen functional groups attached to an aromatic ring is 1. The zero-order chi connectivity index (χ0) is 22.8. The van der Waals surface area contributed by atoms with Gasteiger partial charge in [0.2, 0.25) is 6.79 Å². The van der Waals surface area contributed by atoms with Gasteiger partial charge in [-0.3, -0.25) is 9.59 Å². The molecular formula is C22H20N4O6. The van der Waals surface area contributed by atoms with Crippen LogP contribution in [0.25, 0.3) is 5.69 Å². The van der Waals surface area contributed by atoms with Gasteiger partial charge in [-0.15, -0.1) is 0 Å². The van der Waals surface area contributed by atoms with E-state index < -0.39 is 11.9 Å². The van der Waals surface area contributed by atoms with Crippen molar-refractivity contribution >= 4 is 29.2 Å². The van der Waals surface area contributed by atoms with E-state index in [1.54, 1.807) is 43.3 Å². The number of Topliss-reactive ketones (excluding diaryl/α,β-unsaturated/α-hetero) is 1. The molecule has 1 amide bonds. The van der Waals surface area contributed by atoms with E-state index in [4.69, 9.17) is 19.9 Å². The lowest BCUT2D eigenvalue weighted by atomic mass is 10.1. The number of ketones is 1. The van der Waals surface area contributed by atoms with Crippen LogP contribution in [-0.2, 0) is 4.74 Å². The van der Waals surface area contributed by atoms with Crippen molar-refractivity contribution in [2.45, 2.75) is 13.8 Å². The highest BCUT2D eigenvalue weighted by molar-refractivity contribution is 6.09.